The van der Waals surface area contributed by atoms with Crippen molar-refractivity contribution in [3.8, 4) is 0 Å². The zero-order valence-electron chi connectivity index (χ0n) is 31.2. The van der Waals surface area contributed by atoms with E-state index in [1.165, 1.54) is 31.9 Å². The largest absolute Gasteiger partial charge is 0.460 e. The minimum Gasteiger partial charge on any atom is -0.436 e. The molecule has 0 N–H and O–H groups in total. The highest BCUT2D eigenvalue weighted by molar-refractivity contribution is 6.54. The second kappa shape index (κ2) is 21.1. The molecule has 0 aliphatic carbocycles. The second-order valence-electron chi connectivity index (χ2n) is 16.3. The topological polar surface area (TPSA) is 55.4 Å². The minimum atomic E-state index is -0.0243. The van der Waals surface area contributed by atoms with E-state index in [9.17, 15) is 0 Å². The molecule has 0 spiro atoms. The molecule has 258 valence electrons. The molecule has 0 aromatic rings. The molecule has 4 saturated heterocycles. The maximum absolute atomic E-state index is 5.78. The molecule has 3 atom stereocenters. The van der Waals surface area contributed by atoms with Crippen molar-refractivity contribution < 1.29 is 27.9 Å². The first-order valence-electron chi connectivity index (χ1n) is 17.7. The lowest BCUT2D eigenvalue weighted by Crippen LogP contribution is -2.47. The highest BCUT2D eigenvalue weighted by Gasteiger charge is 2.38. The van der Waals surface area contributed by atoms with Crippen LogP contribution in [0.2, 0.25) is 35.9 Å². The van der Waals surface area contributed by atoms with Crippen LogP contribution in [0.25, 0.3) is 0 Å². The van der Waals surface area contributed by atoms with Crippen molar-refractivity contribution in [1.29, 1.82) is 0 Å². The zero-order valence-corrected chi connectivity index (χ0v) is 31.2. The lowest BCUT2D eigenvalue weighted by Gasteiger charge is -2.39. The molecule has 0 saturated carbocycles. The third-order valence-corrected chi connectivity index (χ3v) is 8.56. The first-order chi connectivity index (χ1) is 19.8. The molecular formula is C34H74B4O6. The van der Waals surface area contributed by atoms with Gasteiger partial charge in [-0.1, -0.05) is 89.5 Å². The van der Waals surface area contributed by atoms with Crippen LogP contribution in [0.5, 0.6) is 0 Å². The maximum Gasteiger partial charge on any atom is 0.460 e. The Bertz CT molecular complexity index is 711. The smallest absolute Gasteiger partial charge is 0.436 e. The molecule has 0 amide bonds. The van der Waals surface area contributed by atoms with E-state index >= 15 is 0 Å². The molecule has 4 fully saturated rings. The maximum atomic E-state index is 5.78. The molecule has 0 aromatic heterocycles. The van der Waals surface area contributed by atoms with Crippen LogP contribution in [-0.4, -0.2) is 65.2 Å². The Morgan fingerprint density at radius 2 is 1.11 bits per heavy atom. The van der Waals surface area contributed by atoms with Gasteiger partial charge in [-0.05, 0) is 95.2 Å². The summed E-state index contributed by atoms with van der Waals surface area (Å²) in [4.78, 5) is 0. The van der Waals surface area contributed by atoms with Crippen molar-refractivity contribution in [2.75, 3.05) is 13.2 Å². The van der Waals surface area contributed by atoms with Crippen molar-refractivity contribution in [2.45, 2.75) is 203 Å². The molecule has 10 heteroatoms. The van der Waals surface area contributed by atoms with E-state index in [-0.39, 0.29) is 27.3 Å². The Morgan fingerprint density at radius 3 is 1.48 bits per heavy atom. The first kappa shape index (κ1) is 44.0. The van der Waals surface area contributed by atoms with Crippen LogP contribution in [0.3, 0.4) is 0 Å². The fraction of sp³-hybridized carbons (Fsp3) is 1.00. The Kier molecular flexibility index (Phi) is 21.1. The molecule has 3 unspecified atom stereocenters. The molecule has 44 heavy (non-hydrogen) atoms. The van der Waals surface area contributed by atoms with E-state index in [1.54, 1.807) is 0 Å². The van der Waals surface area contributed by atoms with Crippen LogP contribution in [0.1, 0.15) is 143 Å². The van der Waals surface area contributed by atoms with Gasteiger partial charge in [-0.2, -0.15) is 0 Å². The highest BCUT2D eigenvalue weighted by Crippen LogP contribution is 2.32. The predicted molar refractivity (Wildman–Crippen MR) is 195 cm³/mol. The third-order valence-electron chi connectivity index (χ3n) is 8.56. The summed E-state index contributed by atoms with van der Waals surface area (Å²) >= 11 is 0. The van der Waals surface area contributed by atoms with Crippen molar-refractivity contribution in [3.63, 3.8) is 0 Å². The van der Waals surface area contributed by atoms with Gasteiger partial charge in [0.05, 0.1) is 5.60 Å². The van der Waals surface area contributed by atoms with E-state index in [0.29, 0.717) is 60.8 Å². The van der Waals surface area contributed by atoms with Crippen LogP contribution >= 0.6 is 0 Å². The Morgan fingerprint density at radius 1 is 0.614 bits per heavy atom. The van der Waals surface area contributed by atoms with Gasteiger partial charge in [0, 0.05) is 31.5 Å². The molecule has 4 rings (SSSR count). The molecule has 4 aliphatic heterocycles. The van der Waals surface area contributed by atoms with Gasteiger partial charge in [0.2, 0.25) is 0 Å². The molecule has 4 heterocycles. The van der Waals surface area contributed by atoms with Crippen LogP contribution in [0.15, 0.2) is 0 Å². The number of rotatable bonds is 4. The zero-order chi connectivity index (χ0) is 33.0. The van der Waals surface area contributed by atoms with Crippen molar-refractivity contribution in [3.05, 3.63) is 0 Å². The molecule has 6 nitrogen and oxygen atoms in total. The van der Waals surface area contributed by atoms with E-state index in [0.717, 1.165) is 26.1 Å². The molecule has 0 bridgehead atoms. The summed E-state index contributed by atoms with van der Waals surface area (Å²) in [6, 6.07) is 0. The Hall–Kier alpha value is 0.0197. The monoisotopic (exact) mass is 623 g/mol. The summed E-state index contributed by atoms with van der Waals surface area (Å²) in [6.45, 7) is 35.6. The molecule has 0 radical (unpaired) electrons. The van der Waals surface area contributed by atoms with E-state index < -0.39 is 0 Å². The van der Waals surface area contributed by atoms with Gasteiger partial charge >= 0.3 is 14.2 Å². The SMILES string of the molecule is C.CC(C)B1CCC(C)(C)CO1.CC(C)B1CCCCO1.CC1CC(C)(C)OB(C(C)C)O1.CC1CC(C)OB(C(C)C)O1. The van der Waals surface area contributed by atoms with Gasteiger partial charge in [0.15, 0.2) is 0 Å². The average molecular weight is 622 g/mol. The quantitative estimate of drug-likeness (QED) is 0.291. The van der Waals surface area contributed by atoms with Crippen LogP contribution in [0, 0.1) is 5.41 Å². The van der Waals surface area contributed by atoms with Gasteiger partial charge in [0.25, 0.3) is 13.8 Å². The number of hydrogen-bond donors (Lipinski definition) is 0. The average Bonchev–Trinajstić information content (AvgIpc) is 2.88. The third kappa shape index (κ3) is 18.4. The predicted octanol–water partition coefficient (Wildman–Crippen LogP) is 10.3. The van der Waals surface area contributed by atoms with Crippen LogP contribution in [0.4, 0.5) is 0 Å². The van der Waals surface area contributed by atoms with Gasteiger partial charge in [0.1, 0.15) is 0 Å². The van der Waals surface area contributed by atoms with Gasteiger partial charge in [-0.25, -0.2) is 0 Å². The molecule has 4 aliphatic rings. The summed E-state index contributed by atoms with van der Waals surface area (Å²) in [5.41, 5.74) is 0.401. The van der Waals surface area contributed by atoms with E-state index in [2.05, 4.69) is 104 Å². The number of hydrogen-bond acceptors (Lipinski definition) is 6. The Balaban J connectivity index is 0.000000558. The van der Waals surface area contributed by atoms with E-state index in [4.69, 9.17) is 27.9 Å². The summed E-state index contributed by atoms with van der Waals surface area (Å²) in [6.07, 6.45) is 9.49. The standard InChI is InChI=1S/C9H19BO2.C9H19BO.C8H17BO2.C7H15BO.CH4/c1-7(2)10-11-8(3)6-9(4,5)12-10;1-8(2)10-6-5-9(3,4)7-11-10;1-6(2)9-10-7(3)5-8(4)11-9;1-7(2)8-5-3-4-6-9-8;/h7-8H,6H2,1-5H3;8H,5-7H2,1-4H3;6-8H,5H2,1-4H3;7H,3-6H2,1-2H3;1H4. The van der Waals surface area contributed by atoms with Crippen molar-refractivity contribution >= 4 is 28.1 Å². The van der Waals surface area contributed by atoms with Crippen molar-refractivity contribution in [2.24, 2.45) is 5.41 Å². The van der Waals surface area contributed by atoms with Crippen molar-refractivity contribution in [1.82, 2.24) is 0 Å². The summed E-state index contributed by atoms with van der Waals surface area (Å²) in [7, 11) is -0.0162. The van der Waals surface area contributed by atoms with Gasteiger partial charge in [-0.3, -0.25) is 0 Å². The lowest BCUT2D eigenvalue weighted by atomic mass is 9.51. The second-order valence-corrected chi connectivity index (χ2v) is 16.3. The lowest BCUT2D eigenvalue weighted by molar-refractivity contribution is -0.0314. The highest BCUT2D eigenvalue weighted by atomic mass is 16.6. The fourth-order valence-corrected chi connectivity index (χ4v) is 5.87. The van der Waals surface area contributed by atoms with E-state index in [1.807, 2.05) is 0 Å². The summed E-state index contributed by atoms with van der Waals surface area (Å²) in [5, 5.41) is 0. The Labute approximate surface area is 277 Å². The fourth-order valence-electron chi connectivity index (χ4n) is 5.87. The normalized spacial score (nSPS) is 26.7. The molecule has 0 aromatic carbocycles. The van der Waals surface area contributed by atoms with Gasteiger partial charge < -0.3 is 27.9 Å². The summed E-state index contributed by atoms with van der Waals surface area (Å²) in [5.74, 6) is 2.30. The minimum absolute atomic E-state index is 0. The molecular weight excluding hydrogens is 548 g/mol. The summed E-state index contributed by atoms with van der Waals surface area (Å²) < 4.78 is 33.9. The first-order valence-corrected chi connectivity index (χ1v) is 17.7. The van der Waals surface area contributed by atoms with Crippen LogP contribution in [-0.2, 0) is 27.9 Å². The van der Waals surface area contributed by atoms with Gasteiger partial charge in [-0.15, -0.1) is 0 Å². The van der Waals surface area contributed by atoms with Crippen LogP contribution < -0.4 is 0 Å².